The molecule has 0 N–H and O–H groups in total. The number of para-hydroxylation sites is 4. The lowest BCUT2D eigenvalue weighted by atomic mass is 9.73. The van der Waals surface area contributed by atoms with Crippen LogP contribution in [0.5, 0.6) is 0 Å². The molecule has 6 aromatic carbocycles. The van der Waals surface area contributed by atoms with Crippen LogP contribution in [0.4, 0.5) is 34.1 Å². The molecule has 5 heteroatoms. The number of nitrogens with zero attached hydrogens (tertiary/aromatic N) is 2. The van der Waals surface area contributed by atoms with E-state index >= 15 is 0 Å². The van der Waals surface area contributed by atoms with Gasteiger partial charge in [-0.25, -0.2) is 0 Å². The highest BCUT2D eigenvalue weighted by Crippen LogP contribution is 2.56. The predicted octanol–water partition coefficient (Wildman–Crippen LogP) is 14.2. The maximum Gasteiger partial charge on any atom is 0.169 e. The van der Waals surface area contributed by atoms with Gasteiger partial charge in [-0.15, -0.1) is 22.7 Å². The smallest absolute Gasteiger partial charge is 0.169 e. The minimum atomic E-state index is -0.157. The van der Waals surface area contributed by atoms with Gasteiger partial charge in [0.1, 0.15) is 0 Å². The molecule has 0 amide bonds. The van der Waals surface area contributed by atoms with E-state index in [9.17, 15) is 4.79 Å². The topological polar surface area (TPSA) is 23.6 Å². The minimum Gasteiger partial charge on any atom is -0.310 e. The summed E-state index contributed by atoms with van der Waals surface area (Å²) in [4.78, 5) is 17.6. The van der Waals surface area contributed by atoms with E-state index in [1.54, 1.807) is 18.3 Å². The summed E-state index contributed by atoms with van der Waals surface area (Å²) < 4.78 is 2.61. The lowest BCUT2D eigenvalue weighted by molar-refractivity contribution is 0.102. The van der Waals surface area contributed by atoms with Crippen LogP contribution in [0.2, 0.25) is 0 Å². The molecule has 0 atom stereocenters. The van der Waals surface area contributed by atoms with Crippen LogP contribution in [0.25, 0.3) is 20.2 Å². The van der Waals surface area contributed by atoms with E-state index < -0.39 is 0 Å². The highest BCUT2D eigenvalue weighted by atomic mass is 32.1. The molecule has 8 aromatic rings. The molecule has 2 aromatic heterocycles. The number of Topliss-reactive ketones (excluding diaryl/α,β-unsaturated/α-hetero) is 1. The molecule has 0 spiro atoms. The number of anilines is 6. The van der Waals surface area contributed by atoms with E-state index in [0.717, 1.165) is 16.0 Å². The highest BCUT2D eigenvalue weighted by molar-refractivity contribution is 7.21. The zero-order valence-electron chi connectivity index (χ0n) is 30.6. The summed E-state index contributed by atoms with van der Waals surface area (Å²) in [5, 5.41) is 4.69. The fourth-order valence-corrected chi connectivity index (χ4v) is 10.9. The fourth-order valence-electron chi connectivity index (χ4n) is 8.50. The Morgan fingerprint density at radius 3 is 1.51 bits per heavy atom. The van der Waals surface area contributed by atoms with Crippen molar-refractivity contribution in [1.82, 2.24) is 0 Å². The zero-order chi connectivity index (χ0) is 36.5. The van der Waals surface area contributed by atoms with Crippen LogP contribution in [0.15, 0.2) is 151 Å². The summed E-state index contributed by atoms with van der Waals surface area (Å²) in [5.74, 6) is 0.129. The van der Waals surface area contributed by atoms with Crippen LogP contribution in [-0.4, -0.2) is 5.78 Å². The van der Waals surface area contributed by atoms with E-state index in [0.29, 0.717) is 0 Å². The Balaban J connectivity index is 0.000000141. The Kier molecular flexibility index (Phi) is 7.92. The Hall–Kier alpha value is -5.49. The number of carbonyl (C=O) groups is 1. The Morgan fingerprint density at radius 2 is 0.981 bits per heavy atom. The number of ketones is 1. The molecule has 2 aliphatic rings. The van der Waals surface area contributed by atoms with Gasteiger partial charge in [0, 0.05) is 42.7 Å². The van der Waals surface area contributed by atoms with Crippen LogP contribution in [0, 0.1) is 0 Å². The van der Waals surface area contributed by atoms with E-state index in [4.69, 9.17) is 0 Å². The monoisotopic (exact) mass is 724 g/mol. The van der Waals surface area contributed by atoms with Gasteiger partial charge in [-0.2, -0.15) is 0 Å². The average Bonchev–Trinajstić information content (AvgIpc) is 3.84. The van der Waals surface area contributed by atoms with E-state index in [1.807, 2.05) is 23.5 Å². The number of fused-ring (bicyclic) bond motifs is 8. The molecular formula is C48H40N2OS2. The Morgan fingerprint density at radius 1 is 0.509 bits per heavy atom. The number of thiophene rings is 2. The summed E-state index contributed by atoms with van der Waals surface area (Å²) in [6.07, 6.45) is 0. The molecule has 10 rings (SSSR count). The van der Waals surface area contributed by atoms with Gasteiger partial charge in [-0.1, -0.05) is 113 Å². The molecule has 53 heavy (non-hydrogen) atoms. The molecule has 0 saturated carbocycles. The van der Waals surface area contributed by atoms with E-state index in [2.05, 4.69) is 176 Å². The SMILES string of the molecule is CC(=O)c1cc2ccc3c(c2s1)C(C)(C)c1ccccc1N3c1ccccc1.CC1(C)c2ccccc2N(c2ccccc2)c2ccc3ccsc3c21. The van der Waals surface area contributed by atoms with Gasteiger partial charge >= 0.3 is 0 Å². The lowest BCUT2D eigenvalue weighted by Gasteiger charge is -2.42. The van der Waals surface area contributed by atoms with E-state index in [-0.39, 0.29) is 16.6 Å². The summed E-state index contributed by atoms with van der Waals surface area (Å²) in [6, 6.07) is 51.8. The average molecular weight is 725 g/mol. The lowest BCUT2D eigenvalue weighted by Crippen LogP contribution is -2.30. The summed E-state index contributed by atoms with van der Waals surface area (Å²) >= 11 is 3.47. The van der Waals surface area contributed by atoms with Crippen molar-refractivity contribution in [3.05, 3.63) is 178 Å². The molecular weight excluding hydrogens is 685 g/mol. The predicted molar refractivity (Wildman–Crippen MR) is 227 cm³/mol. The van der Waals surface area contributed by atoms with Crippen LogP contribution in [0.3, 0.4) is 0 Å². The number of rotatable bonds is 3. The normalized spacial score (nSPS) is 14.8. The van der Waals surface area contributed by atoms with E-state index in [1.165, 1.54) is 65.5 Å². The van der Waals surface area contributed by atoms with Crippen molar-refractivity contribution >= 4 is 82.8 Å². The highest BCUT2D eigenvalue weighted by Gasteiger charge is 2.40. The molecule has 0 fully saturated rings. The van der Waals surface area contributed by atoms with Crippen LogP contribution >= 0.6 is 22.7 Å². The third-order valence-electron chi connectivity index (χ3n) is 11.0. The van der Waals surface area contributed by atoms with Gasteiger partial charge in [-0.3, -0.25) is 4.79 Å². The minimum absolute atomic E-state index is 0.0262. The maximum absolute atomic E-state index is 12.0. The maximum atomic E-state index is 12.0. The molecule has 4 heterocycles. The zero-order valence-corrected chi connectivity index (χ0v) is 32.2. The number of carbonyl (C=O) groups excluding carboxylic acids is 1. The molecule has 3 nitrogen and oxygen atoms in total. The van der Waals surface area contributed by atoms with Gasteiger partial charge in [-0.05, 0) is 94.9 Å². The van der Waals surface area contributed by atoms with Crippen molar-refractivity contribution in [3.8, 4) is 0 Å². The van der Waals surface area contributed by atoms with Crippen molar-refractivity contribution < 1.29 is 4.79 Å². The van der Waals surface area contributed by atoms with Crippen molar-refractivity contribution in [2.45, 2.75) is 45.4 Å². The van der Waals surface area contributed by atoms with Gasteiger partial charge < -0.3 is 9.80 Å². The van der Waals surface area contributed by atoms with Gasteiger partial charge in [0.15, 0.2) is 5.78 Å². The van der Waals surface area contributed by atoms with Crippen LogP contribution in [0.1, 0.15) is 66.5 Å². The van der Waals surface area contributed by atoms with Gasteiger partial charge in [0.25, 0.3) is 0 Å². The molecule has 0 saturated heterocycles. The molecule has 2 aliphatic heterocycles. The summed E-state index contributed by atoms with van der Waals surface area (Å²) in [7, 11) is 0. The first-order valence-corrected chi connectivity index (χ1v) is 19.8. The van der Waals surface area contributed by atoms with Crippen molar-refractivity contribution in [2.75, 3.05) is 9.80 Å². The van der Waals surface area contributed by atoms with Crippen molar-refractivity contribution in [3.63, 3.8) is 0 Å². The first-order valence-electron chi connectivity index (χ1n) is 18.1. The molecule has 0 unspecified atom stereocenters. The largest absolute Gasteiger partial charge is 0.310 e. The van der Waals surface area contributed by atoms with Crippen LogP contribution in [-0.2, 0) is 10.8 Å². The molecule has 0 aliphatic carbocycles. The second kappa shape index (κ2) is 12.6. The third-order valence-corrected chi connectivity index (χ3v) is 13.2. The number of hydrogen-bond acceptors (Lipinski definition) is 5. The number of benzene rings is 6. The number of hydrogen-bond donors (Lipinski definition) is 0. The van der Waals surface area contributed by atoms with Crippen molar-refractivity contribution in [1.29, 1.82) is 0 Å². The fraction of sp³-hybridized carbons (Fsp3) is 0.146. The van der Waals surface area contributed by atoms with Gasteiger partial charge in [0.2, 0.25) is 0 Å². The first-order chi connectivity index (χ1) is 25.7. The molecule has 0 radical (unpaired) electrons. The summed E-state index contributed by atoms with van der Waals surface area (Å²) in [6.45, 7) is 10.9. The molecule has 0 bridgehead atoms. The Bertz CT molecular complexity index is 2670. The van der Waals surface area contributed by atoms with Crippen molar-refractivity contribution in [2.24, 2.45) is 0 Å². The van der Waals surface area contributed by atoms with Crippen LogP contribution < -0.4 is 9.80 Å². The first kappa shape index (κ1) is 33.4. The standard InChI is InChI=1S/C25H21NOS.C23H19NS/c1-16(27)22-15-17-13-14-21-23(24(17)28-22)25(2,3)19-11-7-8-12-20(19)26(21)18-9-5-4-6-10-18;1-23(2)18-10-6-7-11-19(18)24(17-8-4-3-5-9-17)20-13-12-16-14-15-25-22(16)21(20)23/h4-15H,1-3H3;3-15H,1-2H3. The summed E-state index contributed by atoms with van der Waals surface area (Å²) in [5.41, 5.74) is 12.6. The Labute approximate surface area is 319 Å². The van der Waals surface area contributed by atoms with Gasteiger partial charge in [0.05, 0.1) is 27.6 Å². The molecule has 260 valence electrons. The second-order valence-electron chi connectivity index (χ2n) is 15.0. The third kappa shape index (κ3) is 5.25. The second-order valence-corrected chi connectivity index (χ2v) is 16.9. The quantitative estimate of drug-likeness (QED) is 0.170.